The van der Waals surface area contributed by atoms with Crippen molar-refractivity contribution in [2.75, 3.05) is 36.5 Å². The summed E-state index contributed by atoms with van der Waals surface area (Å²) >= 11 is 0. The Morgan fingerprint density at radius 2 is 1.86 bits per heavy atom. The summed E-state index contributed by atoms with van der Waals surface area (Å²) in [5.41, 5.74) is 1.52. The standard InChI is InChI=1S/C23H26FN5O7/c1-13(26-16-4-2-3-15(24)11-16)17-9-14(21(30)28-22(31,32)23(33,34)35)10-18-20(17)27-19(12-25-18)29-5-7-36-8-6-29/h2-4,9-13,26,31-35H,5-8H2,1H3,(H,28,30). The van der Waals surface area contributed by atoms with Crippen LogP contribution in [0.1, 0.15) is 28.9 Å². The van der Waals surface area contributed by atoms with Crippen LogP contribution in [0.3, 0.4) is 0 Å². The fourth-order valence-electron chi connectivity index (χ4n) is 3.76. The number of aliphatic hydroxyl groups is 5. The Morgan fingerprint density at radius 1 is 1.14 bits per heavy atom. The molecular formula is C23H26FN5O7. The summed E-state index contributed by atoms with van der Waals surface area (Å²) in [6.07, 6.45) is 1.53. The number of nitrogens with one attached hydrogen (secondary N) is 2. The van der Waals surface area contributed by atoms with Crippen LogP contribution in [0, 0.1) is 5.82 Å². The van der Waals surface area contributed by atoms with E-state index in [-0.39, 0.29) is 11.1 Å². The van der Waals surface area contributed by atoms with Crippen LogP contribution in [-0.2, 0) is 4.74 Å². The van der Waals surface area contributed by atoms with Crippen LogP contribution in [-0.4, -0.2) is 79.6 Å². The molecule has 12 nitrogen and oxygen atoms in total. The first-order chi connectivity index (χ1) is 16.9. The summed E-state index contributed by atoms with van der Waals surface area (Å²) in [4.78, 5) is 23.9. The first kappa shape index (κ1) is 25.6. The van der Waals surface area contributed by atoms with E-state index in [2.05, 4.69) is 10.3 Å². The van der Waals surface area contributed by atoms with Crippen LogP contribution in [0.2, 0.25) is 0 Å². The third kappa shape index (κ3) is 5.51. The number of fused-ring (bicyclic) bond motifs is 1. The Labute approximate surface area is 204 Å². The molecule has 1 unspecified atom stereocenters. The van der Waals surface area contributed by atoms with Gasteiger partial charge in [-0.25, -0.2) is 9.37 Å². The largest absolute Gasteiger partial charge is 0.378 e. The zero-order valence-corrected chi connectivity index (χ0v) is 19.2. The number of rotatable bonds is 7. The van der Waals surface area contributed by atoms with Crippen molar-refractivity contribution in [3.63, 3.8) is 0 Å². The van der Waals surface area contributed by atoms with E-state index in [1.807, 2.05) is 4.90 Å². The van der Waals surface area contributed by atoms with Crippen LogP contribution in [0.4, 0.5) is 15.9 Å². The van der Waals surface area contributed by atoms with Crippen molar-refractivity contribution in [2.24, 2.45) is 0 Å². The maximum absolute atomic E-state index is 13.7. The highest BCUT2D eigenvalue weighted by atomic mass is 19.1. The molecule has 36 heavy (non-hydrogen) atoms. The summed E-state index contributed by atoms with van der Waals surface area (Å²) in [5, 5.41) is 51.3. The van der Waals surface area contributed by atoms with Gasteiger partial charge >= 0.3 is 11.9 Å². The molecule has 192 valence electrons. The molecule has 0 aliphatic carbocycles. The number of halogens is 1. The number of amides is 1. The lowest BCUT2D eigenvalue weighted by Crippen LogP contribution is -2.64. The zero-order chi connectivity index (χ0) is 26.1. The molecule has 4 rings (SSSR count). The van der Waals surface area contributed by atoms with Gasteiger partial charge in [0.15, 0.2) is 0 Å². The van der Waals surface area contributed by atoms with E-state index in [0.717, 1.165) is 0 Å². The number of hydrogen-bond donors (Lipinski definition) is 7. The molecule has 1 aliphatic rings. The Kier molecular flexibility index (Phi) is 7.04. The van der Waals surface area contributed by atoms with E-state index >= 15 is 0 Å². The van der Waals surface area contributed by atoms with Gasteiger partial charge in [-0.2, -0.15) is 0 Å². The fraction of sp³-hybridized carbons (Fsp3) is 0.348. The van der Waals surface area contributed by atoms with Crippen LogP contribution in [0.25, 0.3) is 11.0 Å². The van der Waals surface area contributed by atoms with Gasteiger partial charge in [0.25, 0.3) is 5.91 Å². The number of hydrogen-bond acceptors (Lipinski definition) is 11. The normalized spacial score (nSPS) is 15.6. The van der Waals surface area contributed by atoms with E-state index in [9.17, 15) is 19.4 Å². The van der Waals surface area contributed by atoms with Crippen molar-refractivity contribution in [2.45, 2.75) is 24.8 Å². The van der Waals surface area contributed by atoms with Crippen molar-refractivity contribution in [3.8, 4) is 0 Å². The van der Waals surface area contributed by atoms with Crippen molar-refractivity contribution in [3.05, 3.63) is 59.5 Å². The summed E-state index contributed by atoms with van der Waals surface area (Å²) in [6.45, 7) is 4.07. The van der Waals surface area contributed by atoms with Gasteiger partial charge in [0, 0.05) is 29.9 Å². The van der Waals surface area contributed by atoms with Gasteiger partial charge in [0.2, 0.25) is 0 Å². The Morgan fingerprint density at radius 3 is 2.53 bits per heavy atom. The van der Waals surface area contributed by atoms with E-state index in [4.69, 9.17) is 25.0 Å². The summed E-state index contributed by atoms with van der Waals surface area (Å²) in [7, 11) is 0. The van der Waals surface area contributed by atoms with Gasteiger partial charge in [-0.05, 0) is 37.3 Å². The minimum absolute atomic E-state index is 0.143. The second kappa shape index (κ2) is 9.89. The van der Waals surface area contributed by atoms with Crippen molar-refractivity contribution in [1.82, 2.24) is 15.3 Å². The number of morpholine rings is 1. The molecule has 3 aromatic rings. The molecule has 1 saturated heterocycles. The highest BCUT2D eigenvalue weighted by Crippen LogP contribution is 2.29. The van der Waals surface area contributed by atoms with Gasteiger partial charge < -0.3 is 40.5 Å². The average Bonchev–Trinajstić information content (AvgIpc) is 2.82. The van der Waals surface area contributed by atoms with Gasteiger partial charge in [-0.3, -0.25) is 15.1 Å². The van der Waals surface area contributed by atoms with Crippen molar-refractivity contribution in [1.29, 1.82) is 0 Å². The lowest BCUT2D eigenvalue weighted by Gasteiger charge is -2.30. The summed E-state index contributed by atoms with van der Waals surface area (Å²) in [5.74, 6) is -8.79. The molecule has 2 heterocycles. The molecule has 0 bridgehead atoms. The molecule has 1 atom stereocenters. The first-order valence-electron chi connectivity index (χ1n) is 11.0. The molecule has 1 amide bonds. The second-order valence-corrected chi connectivity index (χ2v) is 8.40. The maximum Gasteiger partial charge on any atom is 0.355 e. The molecule has 2 aromatic carbocycles. The fourth-order valence-corrected chi connectivity index (χ4v) is 3.76. The number of anilines is 2. The van der Waals surface area contributed by atoms with Crippen LogP contribution in [0.5, 0.6) is 0 Å². The first-order valence-corrected chi connectivity index (χ1v) is 11.0. The van der Waals surface area contributed by atoms with Crippen molar-refractivity contribution >= 4 is 28.4 Å². The number of benzene rings is 2. The molecule has 0 spiro atoms. The van der Waals surface area contributed by atoms with E-state index in [1.165, 1.54) is 36.5 Å². The molecule has 0 saturated carbocycles. The Bertz CT molecular complexity index is 1260. The van der Waals surface area contributed by atoms with Gasteiger partial charge in [0.1, 0.15) is 11.6 Å². The van der Waals surface area contributed by atoms with E-state index in [0.29, 0.717) is 48.9 Å². The quantitative estimate of drug-likeness (QED) is 0.212. The highest BCUT2D eigenvalue weighted by molar-refractivity contribution is 5.98. The average molecular weight is 503 g/mol. The molecule has 1 fully saturated rings. The van der Waals surface area contributed by atoms with Crippen LogP contribution in [0.15, 0.2) is 42.6 Å². The number of nitrogens with zero attached hydrogens (tertiary/aromatic N) is 3. The van der Waals surface area contributed by atoms with Crippen LogP contribution < -0.4 is 15.5 Å². The summed E-state index contributed by atoms with van der Waals surface area (Å²) in [6, 6.07) is 8.00. The lowest BCUT2D eigenvalue weighted by atomic mass is 10.0. The predicted molar refractivity (Wildman–Crippen MR) is 125 cm³/mol. The van der Waals surface area contributed by atoms with E-state index in [1.54, 1.807) is 18.3 Å². The zero-order valence-electron chi connectivity index (χ0n) is 19.2. The smallest absolute Gasteiger partial charge is 0.355 e. The van der Waals surface area contributed by atoms with Crippen molar-refractivity contribution < 1.29 is 39.5 Å². The number of carbonyl (C=O) groups excluding carboxylic acids is 1. The van der Waals surface area contributed by atoms with Gasteiger partial charge in [-0.1, -0.05) is 6.07 Å². The molecule has 7 N–H and O–H groups in total. The molecule has 0 radical (unpaired) electrons. The highest BCUT2D eigenvalue weighted by Gasteiger charge is 2.48. The van der Waals surface area contributed by atoms with Gasteiger partial charge in [0.05, 0.1) is 36.5 Å². The maximum atomic E-state index is 13.7. The summed E-state index contributed by atoms with van der Waals surface area (Å²) < 4.78 is 19.1. The molecule has 1 aromatic heterocycles. The van der Waals surface area contributed by atoms with Gasteiger partial charge in [-0.15, -0.1) is 0 Å². The topological polar surface area (TPSA) is 181 Å². The molecule has 13 heteroatoms. The third-order valence-electron chi connectivity index (χ3n) is 5.69. The number of carbonyl (C=O) groups is 1. The Hall–Kier alpha value is -3.46. The minimum atomic E-state index is -4.03. The van der Waals surface area contributed by atoms with E-state index < -0.39 is 29.7 Å². The van der Waals surface area contributed by atoms with Crippen LogP contribution >= 0.6 is 0 Å². The molecular weight excluding hydrogens is 477 g/mol. The SMILES string of the molecule is CC(Nc1cccc(F)c1)c1cc(C(=O)NC(O)(O)C(O)(O)O)cc2ncc(N3CCOCC3)nc12. The predicted octanol–water partition coefficient (Wildman–Crippen LogP) is -0.223. The number of ether oxygens (including phenoxy) is 1. The minimum Gasteiger partial charge on any atom is -0.378 e. The second-order valence-electron chi connectivity index (χ2n) is 8.40. The Balaban J connectivity index is 1.76. The number of aromatic nitrogens is 2. The third-order valence-corrected chi connectivity index (χ3v) is 5.69. The monoisotopic (exact) mass is 503 g/mol. The molecule has 1 aliphatic heterocycles. The lowest BCUT2D eigenvalue weighted by molar-refractivity contribution is -0.452.